The van der Waals surface area contributed by atoms with Gasteiger partial charge in [0.1, 0.15) is 0 Å². The van der Waals surface area contributed by atoms with E-state index < -0.39 is 28.1 Å². The van der Waals surface area contributed by atoms with Gasteiger partial charge in [0.15, 0.2) is 0 Å². The van der Waals surface area contributed by atoms with E-state index in [1.165, 1.54) is 23.5 Å². The molecule has 3 rings (SSSR count). The molecule has 29 heavy (non-hydrogen) atoms. The van der Waals surface area contributed by atoms with E-state index in [4.69, 9.17) is 0 Å². The molecule has 0 bridgehead atoms. The summed E-state index contributed by atoms with van der Waals surface area (Å²) >= 11 is 0. The highest BCUT2D eigenvalue weighted by molar-refractivity contribution is 7.89. The number of rotatable bonds is 4. The van der Waals surface area contributed by atoms with Crippen LogP contribution in [0.15, 0.2) is 53.4 Å². The molecule has 0 aliphatic carbocycles. The van der Waals surface area contributed by atoms with Crippen molar-refractivity contribution in [3.05, 3.63) is 65.2 Å². The zero-order valence-corrected chi connectivity index (χ0v) is 16.8. The summed E-state index contributed by atoms with van der Waals surface area (Å²) in [6, 6.07) is 13.1. The molecule has 2 aromatic rings. The number of hydrogen-bond acceptors (Lipinski definition) is 3. The summed E-state index contributed by atoms with van der Waals surface area (Å²) in [6.07, 6.45) is -4.71. The highest BCUT2D eigenvalue weighted by atomic mass is 32.2. The number of nitrogens with zero attached hydrogens (tertiary/aromatic N) is 2. The van der Waals surface area contributed by atoms with Gasteiger partial charge in [0.05, 0.1) is 4.90 Å². The van der Waals surface area contributed by atoms with Crippen molar-refractivity contribution in [1.82, 2.24) is 9.21 Å². The van der Waals surface area contributed by atoms with Gasteiger partial charge in [-0.25, -0.2) is 8.42 Å². The average molecular weight is 426 g/mol. The first-order valence-corrected chi connectivity index (χ1v) is 10.5. The van der Waals surface area contributed by atoms with Crippen molar-refractivity contribution in [2.45, 2.75) is 37.0 Å². The van der Waals surface area contributed by atoms with Crippen LogP contribution in [0.3, 0.4) is 0 Å². The van der Waals surface area contributed by atoms with Crippen LogP contribution in [0.5, 0.6) is 0 Å². The van der Waals surface area contributed by atoms with Crippen LogP contribution in [-0.4, -0.2) is 43.3 Å². The predicted octanol–water partition coefficient (Wildman–Crippen LogP) is 3.52. The largest absolute Gasteiger partial charge is 0.471 e. The summed E-state index contributed by atoms with van der Waals surface area (Å²) in [7, 11) is -2.41. The van der Waals surface area contributed by atoms with Gasteiger partial charge in [-0.1, -0.05) is 36.4 Å². The average Bonchev–Trinajstić information content (AvgIpc) is 2.71. The minimum Gasteiger partial charge on any atom is -0.330 e. The summed E-state index contributed by atoms with van der Waals surface area (Å²) in [5, 5.41) is 0. The maximum Gasteiger partial charge on any atom is 0.471 e. The minimum atomic E-state index is -4.95. The summed E-state index contributed by atoms with van der Waals surface area (Å²) in [4.78, 5) is 12.2. The van der Waals surface area contributed by atoms with E-state index in [-0.39, 0.29) is 24.4 Å². The maximum absolute atomic E-state index is 13.1. The lowest BCUT2D eigenvalue weighted by atomic mass is 10.00. The van der Waals surface area contributed by atoms with Crippen molar-refractivity contribution in [3.8, 4) is 0 Å². The second-order valence-corrected chi connectivity index (χ2v) is 9.01. The van der Waals surface area contributed by atoms with Crippen LogP contribution in [-0.2, 0) is 27.8 Å². The first-order valence-electron chi connectivity index (χ1n) is 9.02. The maximum atomic E-state index is 13.1. The molecular formula is C20H21F3N2O3S. The molecule has 156 valence electrons. The van der Waals surface area contributed by atoms with Gasteiger partial charge >= 0.3 is 12.1 Å². The molecule has 9 heteroatoms. The number of amides is 1. The summed E-state index contributed by atoms with van der Waals surface area (Å²) in [6.45, 7) is 1.44. The quantitative estimate of drug-likeness (QED) is 0.752. The van der Waals surface area contributed by atoms with E-state index in [0.717, 1.165) is 11.1 Å². The Morgan fingerprint density at radius 1 is 1.10 bits per heavy atom. The molecule has 1 aliphatic rings. The highest BCUT2D eigenvalue weighted by Crippen LogP contribution is 2.30. The lowest BCUT2D eigenvalue weighted by Gasteiger charge is -2.30. The monoisotopic (exact) mass is 426 g/mol. The first-order chi connectivity index (χ1) is 13.5. The van der Waals surface area contributed by atoms with E-state index >= 15 is 0 Å². The molecule has 1 amide bonds. The van der Waals surface area contributed by atoms with Crippen molar-refractivity contribution in [2.75, 3.05) is 13.6 Å². The summed E-state index contributed by atoms with van der Waals surface area (Å²) in [5.74, 6) is -1.91. The topological polar surface area (TPSA) is 57.7 Å². The number of benzene rings is 2. The van der Waals surface area contributed by atoms with Crippen LogP contribution in [0.25, 0.3) is 0 Å². The van der Waals surface area contributed by atoms with Gasteiger partial charge in [0.25, 0.3) is 0 Å². The fraction of sp³-hybridized carbons (Fsp3) is 0.350. The molecule has 0 aromatic heterocycles. The Morgan fingerprint density at radius 3 is 2.38 bits per heavy atom. The summed E-state index contributed by atoms with van der Waals surface area (Å²) in [5.41, 5.74) is 1.98. The molecule has 0 saturated carbocycles. The van der Waals surface area contributed by atoms with Crippen LogP contribution in [0, 0.1) is 0 Å². The lowest BCUT2D eigenvalue weighted by molar-refractivity contribution is -0.186. The van der Waals surface area contributed by atoms with E-state index in [1.807, 2.05) is 30.3 Å². The molecule has 0 spiro atoms. The van der Waals surface area contributed by atoms with Gasteiger partial charge in [0, 0.05) is 26.2 Å². The molecular weight excluding hydrogens is 405 g/mol. The van der Waals surface area contributed by atoms with Gasteiger partial charge in [0.2, 0.25) is 10.0 Å². The van der Waals surface area contributed by atoms with Gasteiger partial charge in [-0.15, -0.1) is 0 Å². The Morgan fingerprint density at radius 2 is 1.76 bits per heavy atom. The standard InChI is InChI=1S/C20H21F3N2O3S/c1-14(15-6-4-3-5-7-15)24(2)29(27,28)18-9-8-16-10-11-25(13-17(16)12-18)19(26)20(21,22)23/h3-9,12,14H,10-11,13H2,1-2H3/t14-/m0/s1. The Hall–Kier alpha value is -2.39. The SMILES string of the molecule is C[C@@H](c1ccccc1)N(C)S(=O)(=O)c1ccc2c(c1)CN(C(=O)C(F)(F)F)CC2. The number of carbonyl (C=O) groups is 1. The Balaban J connectivity index is 1.88. The molecule has 0 radical (unpaired) electrons. The zero-order valence-electron chi connectivity index (χ0n) is 16.0. The lowest BCUT2D eigenvalue weighted by Crippen LogP contribution is -2.43. The molecule has 2 aromatic carbocycles. The van der Waals surface area contributed by atoms with Crippen LogP contribution >= 0.6 is 0 Å². The third kappa shape index (κ3) is 4.30. The number of sulfonamides is 1. The Kier molecular flexibility index (Phi) is 5.73. The van der Waals surface area contributed by atoms with E-state index in [0.29, 0.717) is 10.5 Å². The number of fused-ring (bicyclic) bond motifs is 1. The molecule has 0 saturated heterocycles. The van der Waals surface area contributed by atoms with Gasteiger partial charge in [-0.2, -0.15) is 17.5 Å². The highest BCUT2D eigenvalue weighted by Gasteiger charge is 2.43. The fourth-order valence-corrected chi connectivity index (χ4v) is 4.76. The van der Waals surface area contributed by atoms with Gasteiger partial charge < -0.3 is 4.90 Å². The first kappa shape index (κ1) is 21.3. The molecule has 1 aliphatic heterocycles. The zero-order chi connectivity index (χ0) is 21.4. The molecule has 1 heterocycles. The molecule has 0 unspecified atom stereocenters. The van der Waals surface area contributed by atoms with E-state index in [9.17, 15) is 26.4 Å². The van der Waals surface area contributed by atoms with E-state index in [1.54, 1.807) is 13.0 Å². The van der Waals surface area contributed by atoms with Crippen LogP contribution < -0.4 is 0 Å². The molecule has 0 N–H and O–H groups in total. The molecule has 0 fully saturated rings. The van der Waals surface area contributed by atoms with Crippen molar-refractivity contribution in [3.63, 3.8) is 0 Å². The number of carbonyl (C=O) groups excluding carboxylic acids is 1. The smallest absolute Gasteiger partial charge is 0.330 e. The van der Waals surface area contributed by atoms with Gasteiger partial charge in [-0.05, 0) is 42.2 Å². The Labute approximate surface area is 167 Å². The molecule has 5 nitrogen and oxygen atoms in total. The minimum absolute atomic E-state index is 0.0113. The fourth-order valence-electron chi connectivity index (χ4n) is 3.36. The summed E-state index contributed by atoms with van der Waals surface area (Å²) < 4.78 is 65.6. The third-order valence-electron chi connectivity index (χ3n) is 5.22. The Bertz CT molecular complexity index is 1010. The predicted molar refractivity (Wildman–Crippen MR) is 101 cm³/mol. The van der Waals surface area contributed by atoms with Crippen molar-refractivity contribution in [1.29, 1.82) is 0 Å². The number of halogens is 3. The normalized spacial score (nSPS) is 15.9. The van der Waals surface area contributed by atoms with Gasteiger partial charge in [-0.3, -0.25) is 4.79 Å². The molecule has 1 atom stereocenters. The van der Waals surface area contributed by atoms with E-state index in [2.05, 4.69) is 0 Å². The van der Waals surface area contributed by atoms with Crippen LogP contribution in [0.4, 0.5) is 13.2 Å². The van der Waals surface area contributed by atoms with Crippen molar-refractivity contribution < 1.29 is 26.4 Å². The number of alkyl halides is 3. The van der Waals surface area contributed by atoms with Crippen molar-refractivity contribution >= 4 is 15.9 Å². The second kappa shape index (κ2) is 7.79. The van der Waals surface area contributed by atoms with Crippen molar-refractivity contribution in [2.24, 2.45) is 0 Å². The number of hydrogen-bond donors (Lipinski definition) is 0. The second-order valence-electron chi connectivity index (χ2n) is 7.01. The van der Waals surface area contributed by atoms with Crippen LogP contribution in [0.2, 0.25) is 0 Å². The third-order valence-corrected chi connectivity index (χ3v) is 7.15. The van der Waals surface area contributed by atoms with Crippen LogP contribution in [0.1, 0.15) is 29.7 Å².